The van der Waals surface area contributed by atoms with E-state index in [4.69, 9.17) is 9.26 Å². The molecule has 94 valence electrons. The summed E-state index contributed by atoms with van der Waals surface area (Å²) in [6, 6.07) is -0.493. The maximum absolute atomic E-state index is 11.5. The molecule has 0 saturated carbocycles. The van der Waals surface area contributed by atoms with Gasteiger partial charge in [0.05, 0.1) is 12.6 Å². The van der Waals surface area contributed by atoms with Crippen LogP contribution in [0.4, 0.5) is 0 Å². The third-order valence-corrected chi connectivity index (χ3v) is 3.81. The van der Waals surface area contributed by atoms with Crippen LogP contribution in [0, 0.1) is 0 Å². The number of aliphatic hydroxyl groups is 2. The highest BCUT2D eigenvalue weighted by Gasteiger charge is 2.41. The lowest BCUT2D eigenvalue weighted by molar-refractivity contribution is -0.0113. The van der Waals surface area contributed by atoms with Gasteiger partial charge in [0.25, 0.3) is 0 Å². The van der Waals surface area contributed by atoms with Crippen LogP contribution in [0.25, 0.3) is 0 Å². The molecular formula is C7H16BO7P. The Kier molecular flexibility index (Phi) is 4.94. The van der Waals surface area contributed by atoms with Gasteiger partial charge in [0.2, 0.25) is 0 Å². The summed E-state index contributed by atoms with van der Waals surface area (Å²) in [5.74, 6) is 0. The first-order valence-corrected chi connectivity index (χ1v) is 6.27. The van der Waals surface area contributed by atoms with Crippen molar-refractivity contribution in [3.8, 4) is 0 Å². The van der Waals surface area contributed by atoms with Gasteiger partial charge < -0.3 is 14.9 Å². The molecule has 7 nitrogen and oxygen atoms in total. The molecule has 2 N–H and O–H groups in total. The van der Waals surface area contributed by atoms with Crippen LogP contribution in [0.5, 0.6) is 0 Å². The van der Waals surface area contributed by atoms with Gasteiger partial charge >= 0.3 is 7.82 Å². The molecular weight excluding hydrogens is 238 g/mol. The van der Waals surface area contributed by atoms with Crippen molar-refractivity contribution in [2.75, 3.05) is 20.8 Å². The Morgan fingerprint density at radius 2 is 1.88 bits per heavy atom. The van der Waals surface area contributed by atoms with Crippen molar-refractivity contribution in [1.29, 1.82) is 0 Å². The molecule has 0 spiro atoms. The van der Waals surface area contributed by atoms with Crippen molar-refractivity contribution >= 4 is 15.7 Å². The molecule has 0 aromatic heterocycles. The van der Waals surface area contributed by atoms with Crippen LogP contribution in [-0.2, 0) is 22.9 Å². The second kappa shape index (κ2) is 5.60. The molecule has 1 heterocycles. The van der Waals surface area contributed by atoms with Gasteiger partial charge in [-0.1, -0.05) is 0 Å². The van der Waals surface area contributed by atoms with Crippen LogP contribution in [0.15, 0.2) is 0 Å². The fourth-order valence-corrected chi connectivity index (χ4v) is 2.11. The SMILES string of the molecule is B[C@@H]1O[C@H](COP(=O)(OC)OC)C(O)[C@@H]1O. The maximum Gasteiger partial charge on any atom is 0.474 e. The molecule has 1 aliphatic heterocycles. The summed E-state index contributed by atoms with van der Waals surface area (Å²) in [6.45, 7) is -0.179. The maximum atomic E-state index is 11.5. The monoisotopic (exact) mass is 254 g/mol. The smallest absolute Gasteiger partial charge is 0.388 e. The van der Waals surface area contributed by atoms with E-state index in [9.17, 15) is 14.8 Å². The minimum atomic E-state index is -3.57. The molecule has 0 aromatic rings. The largest absolute Gasteiger partial charge is 0.474 e. The van der Waals surface area contributed by atoms with E-state index < -0.39 is 32.1 Å². The Balaban J connectivity index is 2.48. The summed E-state index contributed by atoms with van der Waals surface area (Å²) >= 11 is 0. The van der Waals surface area contributed by atoms with E-state index in [1.165, 1.54) is 14.2 Å². The van der Waals surface area contributed by atoms with Gasteiger partial charge in [-0.3, -0.25) is 13.6 Å². The quantitative estimate of drug-likeness (QED) is 0.454. The Hall–Kier alpha value is 0.0549. The molecule has 4 atom stereocenters. The van der Waals surface area contributed by atoms with Gasteiger partial charge in [0, 0.05) is 14.2 Å². The zero-order valence-corrected chi connectivity index (χ0v) is 10.3. The second-order valence-electron chi connectivity index (χ2n) is 3.47. The molecule has 0 aliphatic carbocycles. The Morgan fingerprint density at radius 1 is 1.31 bits per heavy atom. The molecule has 0 aromatic carbocycles. The van der Waals surface area contributed by atoms with Crippen molar-refractivity contribution in [3.63, 3.8) is 0 Å². The van der Waals surface area contributed by atoms with Crippen molar-refractivity contribution in [1.82, 2.24) is 0 Å². The molecule has 1 saturated heterocycles. The topological polar surface area (TPSA) is 94.5 Å². The van der Waals surface area contributed by atoms with Crippen LogP contribution in [-0.4, -0.2) is 63.2 Å². The first-order chi connectivity index (χ1) is 7.43. The average molecular weight is 254 g/mol. The summed E-state index contributed by atoms with van der Waals surface area (Å²) < 4.78 is 30.7. The van der Waals surface area contributed by atoms with Crippen LogP contribution in [0.2, 0.25) is 0 Å². The second-order valence-corrected chi connectivity index (χ2v) is 5.35. The van der Waals surface area contributed by atoms with Crippen LogP contribution in [0.3, 0.4) is 0 Å². The predicted octanol–water partition coefficient (Wildman–Crippen LogP) is -1.52. The molecule has 0 bridgehead atoms. The van der Waals surface area contributed by atoms with Gasteiger partial charge in [-0.25, -0.2) is 4.57 Å². The molecule has 1 unspecified atom stereocenters. The third kappa shape index (κ3) is 3.04. The Morgan fingerprint density at radius 3 is 2.25 bits per heavy atom. The minimum Gasteiger partial charge on any atom is -0.388 e. The number of ether oxygens (including phenoxy) is 1. The van der Waals surface area contributed by atoms with Gasteiger partial charge in [-0.05, 0) is 0 Å². The summed E-state index contributed by atoms with van der Waals surface area (Å²) in [5, 5.41) is 19.0. The van der Waals surface area contributed by atoms with E-state index in [1.54, 1.807) is 7.85 Å². The standard InChI is InChI=1S/C7H16BO7P/c1-12-16(11,13-2)14-3-4-5(9)6(10)7(8)15-4/h4-7,9-10H,3,8H2,1-2H3/t4-,5?,6+,7-/m1/s1. The van der Waals surface area contributed by atoms with E-state index in [0.717, 1.165) is 0 Å². The molecule has 0 amide bonds. The first-order valence-electron chi connectivity index (χ1n) is 4.81. The average Bonchev–Trinajstić information content (AvgIpc) is 2.54. The highest BCUT2D eigenvalue weighted by Crippen LogP contribution is 2.47. The Bertz CT molecular complexity index is 267. The number of rotatable bonds is 5. The lowest BCUT2D eigenvalue weighted by Gasteiger charge is -2.18. The lowest BCUT2D eigenvalue weighted by Crippen LogP contribution is -2.34. The minimum absolute atomic E-state index is 0.179. The first kappa shape index (κ1) is 14.1. The van der Waals surface area contributed by atoms with E-state index >= 15 is 0 Å². The summed E-state index contributed by atoms with van der Waals surface area (Å²) in [6.07, 6.45) is -2.79. The number of hydrogen-bond acceptors (Lipinski definition) is 7. The van der Waals surface area contributed by atoms with E-state index in [0.29, 0.717) is 0 Å². The number of phosphoric ester groups is 1. The highest BCUT2D eigenvalue weighted by atomic mass is 31.2. The lowest BCUT2D eigenvalue weighted by atomic mass is 9.93. The number of hydrogen-bond donors (Lipinski definition) is 2. The fraction of sp³-hybridized carbons (Fsp3) is 1.00. The molecule has 1 aliphatic rings. The van der Waals surface area contributed by atoms with Crippen molar-refractivity contribution < 1.29 is 33.1 Å². The molecule has 16 heavy (non-hydrogen) atoms. The van der Waals surface area contributed by atoms with Gasteiger partial charge in [-0.2, -0.15) is 0 Å². The molecule has 0 radical (unpaired) electrons. The summed E-state index contributed by atoms with van der Waals surface area (Å²) in [5.41, 5.74) is 0. The van der Waals surface area contributed by atoms with Crippen LogP contribution in [0.1, 0.15) is 0 Å². The third-order valence-electron chi connectivity index (χ3n) is 2.45. The van der Waals surface area contributed by atoms with Crippen LogP contribution < -0.4 is 0 Å². The number of phosphoric acid groups is 1. The van der Waals surface area contributed by atoms with Crippen molar-refractivity contribution in [2.24, 2.45) is 0 Å². The van der Waals surface area contributed by atoms with E-state index in [1.807, 2.05) is 0 Å². The zero-order chi connectivity index (χ0) is 12.3. The predicted molar refractivity (Wildman–Crippen MR) is 56.8 cm³/mol. The molecule has 9 heteroatoms. The normalized spacial score (nSPS) is 35.5. The van der Waals surface area contributed by atoms with Gasteiger partial charge in [0.15, 0.2) is 0 Å². The molecule has 1 rings (SSSR count). The molecule has 1 fully saturated rings. The Labute approximate surface area is 94.7 Å². The zero-order valence-electron chi connectivity index (χ0n) is 9.40. The van der Waals surface area contributed by atoms with E-state index in [2.05, 4.69) is 9.05 Å². The van der Waals surface area contributed by atoms with Crippen molar-refractivity contribution in [2.45, 2.75) is 24.3 Å². The fourth-order valence-electron chi connectivity index (χ4n) is 1.42. The number of aliphatic hydroxyl groups excluding tert-OH is 2. The summed E-state index contributed by atoms with van der Waals surface area (Å²) in [4.78, 5) is 0. The summed E-state index contributed by atoms with van der Waals surface area (Å²) in [7, 11) is 0.429. The van der Waals surface area contributed by atoms with Gasteiger partial charge in [-0.15, -0.1) is 0 Å². The van der Waals surface area contributed by atoms with Crippen molar-refractivity contribution in [3.05, 3.63) is 0 Å². The van der Waals surface area contributed by atoms with E-state index in [-0.39, 0.29) is 6.61 Å². The van der Waals surface area contributed by atoms with Crippen LogP contribution >= 0.6 is 7.82 Å². The highest BCUT2D eigenvalue weighted by molar-refractivity contribution is 7.48. The van der Waals surface area contributed by atoms with Gasteiger partial charge in [0.1, 0.15) is 26.2 Å².